The van der Waals surface area contributed by atoms with Crippen molar-refractivity contribution in [2.45, 2.75) is 32.1 Å². The molecule has 1 aliphatic rings. The molecule has 0 spiro atoms. The zero-order valence-electron chi connectivity index (χ0n) is 16.5. The second-order valence-corrected chi connectivity index (χ2v) is 10.1. The van der Waals surface area contributed by atoms with E-state index in [9.17, 15) is 22.0 Å². The Kier molecular flexibility index (Phi) is 6.56. The molecule has 1 heterocycles. The molecule has 162 valence electrons. The van der Waals surface area contributed by atoms with Gasteiger partial charge in [0.15, 0.2) is 19.8 Å². The van der Waals surface area contributed by atoms with Crippen molar-refractivity contribution in [3.63, 3.8) is 0 Å². The van der Waals surface area contributed by atoms with E-state index >= 15 is 0 Å². The molecule has 6 nitrogen and oxygen atoms in total. The van der Waals surface area contributed by atoms with Crippen LogP contribution in [0.2, 0.25) is 0 Å². The Morgan fingerprint density at radius 2 is 2.03 bits per heavy atom. The number of thiazole rings is 1. The lowest BCUT2D eigenvalue weighted by Gasteiger charge is -2.12. The number of sulfone groups is 1. The van der Waals surface area contributed by atoms with E-state index in [1.54, 1.807) is 30.3 Å². The quantitative estimate of drug-likeness (QED) is 0.576. The maximum absolute atomic E-state index is 14.2. The van der Waals surface area contributed by atoms with Gasteiger partial charge in [-0.25, -0.2) is 8.42 Å². The topological polar surface area (TPSA) is 85.4 Å². The summed E-state index contributed by atoms with van der Waals surface area (Å²) in [5.74, 6) is -4.03. The van der Waals surface area contributed by atoms with Crippen molar-refractivity contribution < 1.29 is 26.7 Å². The van der Waals surface area contributed by atoms with Crippen molar-refractivity contribution in [2.75, 3.05) is 11.6 Å². The summed E-state index contributed by atoms with van der Waals surface area (Å²) in [4.78, 5) is 16.7. The highest BCUT2D eigenvalue weighted by molar-refractivity contribution is 7.93. The Morgan fingerprint density at radius 1 is 1.37 bits per heavy atom. The van der Waals surface area contributed by atoms with Crippen LogP contribution in [0.1, 0.15) is 31.2 Å². The van der Waals surface area contributed by atoms with Crippen molar-refractivity contribution in [2.24, 2.45) is 11.8 Å². The number of ether oxygens (including phenoxy) is 1. The number of rotatable bonds is 9. The Balaban J connectivity index is 1.89. The first-order valence-electron chi connectivity index (χ1n) is 9.40. The lowest BCUT2D eigenvalue weighted by Crippen LogP contribution is -2.23. The number of anilines is 1. The number of hydrogen-bond donors (Lipinski definition) is 1. The molecule has 1 fully saturated rings. The van der Waals surface area contributed by atoms with E-state index in [0.29, 0.717) is 17.1 Å². The monoisotopic (exact) mass is 456 g/mol. The molecular formula is C20H22F2N2O4S2. The van der Waals surface area contributed by atoms with Crippen molar-refractivity contribution in [1.82, 2.24) is 4.98 Å². The number of amides is 1. The Morgan fingerprint density at radius 3 is 2.60 bits per heavy atom. The van der Waals surface area contributed by atoms with Crippen molar-refractivity contribution >= 4 is 32.1 Å². The molecule has 1 atom stereocenters. The van der Waals surface area contributed by atoms with Crippen LogP contribution < -0.4 is 10.1 Å². The summed E-state index contributed by atoms with van der Waals surface area (Å²) in [5.41, 5.74) is 0. The first-order valence-corrected chi connectivity index (χ1v) is 12.2. The fourth-order valence-electron chi connectivity index (χ4n) is 2.70. The number of carbonyl (C=O) groups is 1. The Labute approximate surface area is 177 Å². The highest BCUT2D eigenvalue weighted by atomic mass is 32.2. The summed E-state index contributed by atoms with van der Waals surface area (Å²) in [6, 6.07) is 8.51. The average molecular weight is 457 g/mol. The zero-order valence-corrected chi connectivity index (χ0v) is 18.1. The third-order valence-electron chi connectivity index (χ3n) is 4.51. The highest BCUT2D eigenvalue weighted by Gasteiger charge is 2.38. The molecule has 1 aromatic carbocycles. The summed E-state index contributed by atoms with van der Waals surface area (Å²) in [5, 5.41) is 3.22. The smallest absolute Gasteiger partial charge is 0.298 e. The predicted octanol–water partition coefficient (Wildman–Crippen LogP) is 4.96. The number of benzene rings is 1. The maximum atomic E-state index is 14.2. The molecule has 1 aliphatic carbocycles. The largest absolute Gasteiger partial charge is 0.436 e. The van der Waals surface area contributed by atoms with Gasteiger partial charge in [-0.05, 0) is 30.9 Å². The van der Waals surface area contributed by atoms with Gasteiger partial charge in [0, 0.05) is 18.1 Å². The van der Waals surface area contributed by atoms with Gasteiger partial charge in [0.25, 0.3) is 11.8 Å². The lowest BCUT2D eigenvalue weighted by molar-refractivity contribution is -0.119. The minimum absolute atomic E-state index is 0.0194. The second-order valence-electron chi connectivity index (χ2n) is 7.14. The minimum atomic E-state index is -3.39. The van der Waals surface area contributed by atoms with Gasteiger partial charge in [-0.3, -0.25) is 4.79 Å². The molecular weight excluding hydrogens is 434 g/mol. The first-order chi connectivity index (χ1) is 14.1. The molecule has 0 saturated heterocycles. The third-order valence-corrected chi connectivity index (χ3v) is 6.23. The number of carbonyl (C=O) groups excluding carboxylic acids is 1. The van der Waals surface area contributed by atoms with Crippen LogP contribution in [0.3, 0.4) is 0 Å². The van der Waals surface area contributed by atoms with Crippen LogP contribution >= 0.6 is 11.3 Å². The van der Waals surface area contributed by atoms with E-state index in [0.717, 1.165) is 24.5 Å². The number of nitrogens with zero attached hydrogens (tertiary/aromatic N) is 1. The van der Waals surface area contributed by atoms with E-state index in [4.69, 9.17) is 4.74 Å². The third kappa shape index (κ3) is 5.85. The van der Waals surface area contributed by atoms with Gasteiger partial charge >= 0.3 is 0 Å². The van der Waals surface area contributed by atoms with Gasteiger partial charge in [0.1, 0.15) is 5.75 Å². The van der Waals surface area contributed by atoms with Crippen molar-refractivity contribution in [1.29, 1.82) is 0 Å². The highest BCUT2D eigenvalue weighted by Crippen LogP contribution is 2.44. The van der Waals surface area contributed by atoms with E-state index in [-0.39, 0.29) is 16.8 Å². The Bertz CT molecular complexity index is 1030. The molecule has 3 rings (SSSR count). The van der Waals surface area contributed by atoms with Crippen molar-refractivity contribution in [3.8, 4) is 11.6 Å². The summed E-state index contributed by atoms with van der Waals surface area (Å²) < 4.78 is 56.9. The molecule has 0 aliphatic heterocycles. The van der Waals surface area contributed by atoms with Crippen LogP contribution in [0.5, 0.6) is 11.6 Å². The molecule has 1 saturated carbocycles. The van der Waals surface area contributed by atoms with Crippen LogP contribution in [0.15, 0.2) is 41.8 Å². The molecule has 1 amide bonds. The molecule has 1 N–H and O–H groups in total. The van der Waals surface area contributed by atoms with Gasteiger partial charge in [-0.2, -0.15) is 13.8 Å². The van der Waals surface area contributed by atoms with Crippen LogP contribution in [-0.4, -0.2) is 25.6 Å². The molecule has 10 heteroatoms. The Hall–Kier alpha value is -2.33. The number of aromatic nitrogens is 1. The zero-order chi connectivity index (χ0) is 21.9. The SMILES string of the molecule is CCC(F)(F)c1nc(Oc2ccccc2)c(NC(=O)[C@H](/C=C/S(C)(=O)=O)C2CC2)s1. The molecule has 30 heavy (non-hydrogen) atoms. The van der Waals surface area contributed by atoms with Gasteiger partial charge < -0.3 is 10.1 Å². The van der Waals surface area contributed by atoms with E-state index in [1.807, 2.05) is 0 Å². The summed E-state index contributed by atoms with van der Waals surface area (Å²) in [6.45, 7) is 1.34. The van der Waals surface area contributed by atoms with Crippen LogP contribution in [0.25, 0.3) is 0 Å². The maximum Gasteiger partial charge on any atom is 0.298 e. The summed E-state index contributed by atoms with van der Waals surface area (Å²) >= 11 is 0.651. The fraction of sp³-hybridized carbons (Fsp3) is 0.400. The summed E-state index contributed by atoms with van der Waals surface area (Å²) in [7, 11) is -3.39. The van der Waals surface area contributed by atoms with Crippen molar-refractivity contribution in [3.05, 3.63) is 46.8 Å². The number of alkyl halides is 2. The second kappa shape index (κ2) is 8.81. The average Bonchev–Trinajstić information content (AvgIpc) is 3.43. The molecule has 0 bridgehead atoms. The van der Waals surface area contributed by atoms with Crippen LogP contribution in [-0.2, 0) is 20.6 Å². The minimum Gasteiger partial charge on any atom is -0.436 e. The number of hydrogen-bond acceptors (Lipinski definition) is 6. The normalized spacial score (nSPS) is 15.9. The number of halogens is 2. The molecule has 0 unspecified atom stereocenters. The number of nitrogens with one attached hydrogen (secondary N) is 1. The predicted molar refractivity (Wildman–Crippen MR) is 112 cm³/mol. The van der Waals surface area contributed by atoms with Gasteiger partial charge in [-0.1, -0.05) is 42.5 Å². The van der Waals surface area contributed by atoms with E-state index in [2.05, 4.69) is 10.3 Å². The van der Waals surface area contributed by atoms with Gasteiger partial charge in [0.2, 0.25) is 5.91 Å². The summed E-state index contributed by atoms with van der Waals surface area (Å²) in [6.07, 6.45) is 3.53. The van der Waals surface area contributed by atoms with Gasteiger partial charge in [-0.15, -0.1) is 0 Å². The van der Waals surface area contributed by atoms with Gasteiger partial charge in [0.05, 0.1) is 5.92 Å². The van der Waals surface area contributed by atoms with E-state index < -0.39 is 39.0 Å². The molecule has 1 aromatic heterocycles. The first kappa shape index (κ1) is 22.4. The van der Waals surface area contributed by atoms with E-state index in [1.165, 1.54) is 13.0 Å². The number of para-hydroxylation sites is 1. The van der Waals surface area contributed by atoms with Crippen LogP contribution in [0.4, 0.5) is 13.8 Å². The molecule has 0 radical (unpaired) electrons. The standard InChI is InChI=1S/C20H22F2N2O4S2/c1-3-20(21,22)19-24-17(28-14-7-5-4-6-8-14)18(29-19)23-16(25)15(13-9-10-13)11-12-30(2,26)27/h4-8,11-13,15H,3,9-10H2,1-2H3,(H,23,25)/b12-11+/t15-/m1/s1. The molecule has 2 aromatic rings. The fourth-order valence-corrected chi connectivity index (χ4v) is 4.10. The lowest BCUT2D eigenvalue weighted by atomic mass is 10.0. The van der Waals surface area contributed by atoms with Crippen LogP contribution in [0, 0.1) is 11.8 Å².